The molecule has 276 valence electrons. The Kier molecular flexibility index (Phi) is 12.4. The molecule has 1 unspecified atom stereocenters. The van der Waals surface area contributed by atoms with Crippen LogP contribution in [0.15, 0.2) is 65.0 Å². The van der Waals surface area contributed by atoms with Crippen molar-refractivity contribution in [1.82, 2.24) is 10.0 Å². The molecule has 18 heteroatoms. The molecule has 0 aromatic heterocycles. The van der Waals surface area contributed by atoms with Gasteiger partial charge in [-0.2, -0.15) is 5.10 Å². The summed E-state index contributed by atoms with van der Waals surface area (Å²) in [6.07, 6.45) is 4.60. The predicted molar refractivity (Wildman–Crippen MR) is 184 cm³/mol. The van der Waals surface area contributed by atoms with Crippen LogP contribution in [0.4, 0.5) is 11.4 Å². The molecular weight excluding hydrogens is 682 g/mol. The lowest BCUT2D eigenvalue weighted by Gasteiger charge is -2.21. The largest absolute Gasteiger partial charge is 0.569 e. The molecular formula is C34H39N7O11. The maximum absolute atomic E-state index is 12.7. The molecule has 0 N–H and O–H groups in total. The van der Waals surface area contributed by atoms with Crippen molar-refractivity contribution >= 4 is 23.0 Å². The van der Waals surface area contributed by atoms with Crippen molar-refractivity contribution in [2.75, 3.05) is 40.0 Å². The highest BCUT2D eigenvalue weighted by Crippen LogP contribution is 2.42. The fraction of sp³-hybridized carbons (Fsp3) is 0.412. The normalized spacial score (nSPS) is 15.9. The molecule has 1 fully saturated rings. The molecule has 1 saturated heterocycles. The zero-order chi connectivity index (χ0) is 37.2. The summed E-state index contributed by atoms with van der Waals surface area (Å²) in [6, 6.07) is 13.1. The number of nitro groups is 2. The van der Waals surface area contributed by atoms with Gasteiger partial charge >= 0.3 is 11.4 Å². The maximum atomic E-state index is 12.7. The lowest BCUT2D eigenvalue weighted by atomic mass is 9.98. The first kappa shape index (κ1) is 37.2. The topological polar surface area (TPSA) is 207 Å². The van der Waals surface area contributed by atoms with E-state index in [0.29, 0.717) is 41.9 Å². The minimum absolute atomic E-state index is 0.124. The average molecular weight is 722 g/mol. The minimum atomic E-state index is -0.896. The van der Waals surface area contributed by atoms with Crippen molar-refractivity contribution in [3.8, 4) is 28.7 Å². The van der Waals surface area contributed by atoms with Crippen molar-refractivity contribution in [2.45, 2.75) is 52.0 Å². The Morgan fingerprint density at radius 3 is 2.38 bits per heavy atom. The molecule has 2 heterocycles. The summed E-state index contributed by atoms with van der Waals surface area (Å²) in [5.74, 6) is 0.0138. The number of hydrazine groups is 1. The van der Waals surface area contributed by atoms with Crippen LogP contribution in [0.5, 0.6) is 28.7 Å². The number of ether oxygens (including phenoxy) is 4. The zero-order valence-corrected chi connectivity index (χ0v) is 29.0. The molecule has 0 spiro atoms. The summed E-state index contributed by atoms with van der Waals surface area (Å²) in [5.41, 5.74) is 0.362. The number of benzene rings is 3. The summed E-state index contributed by atoms with van der Waals surface area (Å²) in [5, 5.41) is 46.8. The van der Waals surface area contributed by atoms with Gasteiger partial charge in [-0.1, -0.05) is 44.4 Å². The molecule has 1 amide bonds. The summed E-state index contributed by atoms with van der Waals surface area (Å²) < 4.78 is 22.6. The number of hydrazone groups is 1. The van der Waals surface area contributed by atoms with Gasteiger partial charge in [-0.05, 0) is 36.2 Å². The van der Waals surface area contributed by atoms with E-state index in [1.54, 1.807) is 25.3 Å². The van der Waals surface area contributed by atoms with E-state index < -0.39 is 38.8 Å². The van der Waals surface area contributed by atoms with Gasteiger partial charge in [0.05, 0.1) is 53.5 Å². The van der Waals surface area contributed by atoms with E-state index in [1.165, 1.54) is 23.0 Å². The van der Waals surface area contributed by atoms with Crippen molar-refractivity contribution in [3.63, 3.8) is 0 Å². The second-order valence-electron chi connectivity index (χ2n) is 11.9. The van der Waals surface area contributed by atoms with Gasteiger partial charge in [-0.25, -0.2) is 5.01 Å². The number of hydrogen-bond acceptors (Lipinski definition) is 13. The molecule has 0 radical (unpaired) electrons. The van der Waals surface area contributed by atoms with E-state index in [9.17, 15) is 30.2 Å². The van der Waals surface area contributed by atoms with Gasteiger partial charge in [0.15, 0.2) is 11.5 Å². The molecule has 1 atom stereocenters. The monoisotopic (exact) mass is 721 g/mol. The summed E-state index contributed by atoms with van der Waals surface area (Å²) in [7, 11) is 1.55. The van der Waals surface area contributed by atoms with Crippen LogP contribution in [0.25, 0.3) is 0 Å². The van der Waals surface area contributed by atoms with E-state index >= 15 is 0 Å². The molecule has 52 heavy (non-hydrogen) atoms. The average Bonchev–Trinajstić information content (AvgIpc) is 3.60. The van der Waals surface area contributed by atoms with Crippen LogP contribution < -0.4 is 19.0 Å². The lowest BCUT2D eigenvalue weighted by Crippen LogP contribution is -2.40. The van der Waals surface area contributed by atoms with Crippen LogP contribution in [-0.2, 0) is 9.53 Å². The van der Waals surface area contributed by atoms with Crippen LogP contribution in [-0.4, -0.2) is 76.5 Å². The van der Waals surface area contributed by atoms with Crippen molar-refractivity contribution < 1.29 is 43.4 Å². The zero-order valence-electron chi connectivity index (χ0n) is 29.0. The van der Waals surface area contributed by atoms with Gasteiger partial charge in [0.2, 0.25) is 22.7 Å². The number of nitrogens with zero attached hydrogens (tertiary/aromatic N) is 7. The van der Waals surface area contributed by atoms with Crippen LogP contribution in [0.3, 0.4) is 0 Å². The quantitative estimate of drug-likeness (QED) is 0.0513. The highest BCUT2D eigenvalue weighted by molar-refractivity contribution is 6.03. The summed E-state index contributed by atoms with van der Waals surface area (Å²) in [4.78, 5) is 40.0. The Morgan fingerprint density at radius 2 is 1.69 bits per heavy atom. The highest BCUT2D eigenvalue weighted by Gasteiger charge is 2.33. The van der Waals surface area contributed by atoms with Crippen molar-refractivity contribution in [1.29, 1.82) is 0 Å². The number of hydrogen-bond donors (Lipinski definition) is 0. The lowest BCUT2D eigenvalue weighted by molar-refractivity contribution is -0.710. The second-order valence-corrected chi connectivity index (χ2v) is 11.9. The van der Waals surface area contributed by atoms with E-state index in [4.69, 9.17) is 23.8 Å². The van der Waals surface area contributed by atoms with Gasteiger partial charge in [0.1, 0.15) is 24.9 Å². The number of carbonyl (C=O) groups excluding carboxylic acids is 1. The molecule has 18 nitrogen and oxygen atoms in total. The van der Waals surface area contributed by atoms with Crippen LogP contribution in [0.1, 0.15) is 63.1 Å². The molecule has 2 aliphatic rings. The molecule has 5 rings (SSSR count). The second kappa shape index (κ2) is 17.3. The third-order valence-corrected chi connectivity index (χ3v) is 8.33. The first-order chi connectivity index (χ1) is 25.1. The molecule has 0 saturated carbocycles. The predicted octanol–water partition coefficient (Wildman–Crippen LogP) is 6.46. The number of nitro benzene ring substituents is 2. The smallest absolute Gasteiger partial charge is 0.321 e. The van der Waals surface area contributed by atoms with Crippen LogP contribution in [0, 0.1) is 25.4 Å². The van der Waals surface area contributed by atoms with Gasteiger partial charge in [0, 0.05) is 25.0 Å². The van der Waals surface area contributed by atoms with Gasteiger partial charge in [0.25, 0.3) is 0 Å². The van der Waals surface area contributed by atoms with E-state index in [1.807, 2.05) is 18.2 Å². The first-order valence-corrected chi connectivity index (χ1v) is 16.7. The number of carbonyl (C=O) groups is 1. The molecule has 0 aliphatic carbocycles. The highest BCUT2D eigenvalue weighted by atomic mass is 16.7. The van der Waals surface area contributed by atoms with Gasteiger partial charge in [-0.15, -0.1) is 5.01 Å². The maximum Gasteiger partial charge on any atom is 0.321 e. The first-order valence-electron chi connectivity index (χ1n) is 16.7. The number of methoxy groups -OCH3 is 1. The van der Waals surface area contributed by atoms with Crippen LogP contribution >= 0.6 is 0 Å². The van der Waals surface area contributed by atoms with Gasteiger partial charge < -0.3 is 24.2 Å². The summed E-state index contributed by atoms with van der Waals surface area (Å²) in [6.45, 7) is 5.11. The number of unbranched alkanes of at least 4 members (excludes halogenated alkanes) is 3. The van der Waals surface area contributed by atoms with Crippen molar-refractivity contribution in [3.05, 3.63) is 91.2 Å². The Morgan fingerprint density at radius 1 is 0.942 bits per heavy atom. The number of amides is 1. The third-order valence-electron chi connectivity index (χ3n) is 8.33. The van der Waals surface area contributed by atoms with Crippen molar-refractivity contribution in [2.24, 2.45) is 10.4 Å². The van der Waals surface area contributed by atoms with Crippen LogP contribution in [0.2, 0.25) is 0 Å². The Labute approximate surface area is 298 Å². The fourth-order valence-electron chi connectivity index (χ4n) is 5.66. The standard InChI is InChI=1S/C34H39N7O11/c1-4-5-6-7-15-50-31-12-11-25(19-34(31)48-3)28-20-27(35-38(28)23(2)42)24-9-8-10-26(18-24)51-32-22-33(30(40(45)46)21-29(32)39(43)44)52-36-41(47)37-13-16-49-17-14-37/h8-12,18-19,21-22,28H,4-7,13-17,20H2,1-3H3/b41-36-. The third kappa shape index (κ3) is 9.00. The molecule has 3 aromatic rings. The van der Waals surface area contributed by atoms with E-state index in [2.05, 4.69) is 17.3 Å². The Bertz CT molecular complexity index is 1850. The number of morpholine rings is 1. The Balaban J connectivity index is 1.38. The Hall–Kier alpha value is -6.04. The fourth-order valence-corrected chi connectivity index (χ4v) is 5.66. The van der Waals surface area contributed by atoms with Gasteiger partial charge in [-0.3, -0.25) is 29.9 Å². The van der Waals surface area contributed by atoms with E-state index in [-0.39, 0.29) is 42.9 Å². The van der Waals surface area contributed by atoms with E-state index in [0.717, 1.165) is 37.3 Å². The molecule has 3 aromatic carbocycles. The minimum Gasteiger partial charge on any atom is -0.569 e. The molecule has 2 aliphatic heterocycles. The summed E-state index contributed by atoms with van der Waals surface area (Å²) >= 11 is 0. The molecule has 0 bridgehead atoms. The number of rotatable bonds is 16. The SMILES string of the molecule is CCCCCCOc1ccc(C2CC(c3cccc(Oc4cc(O/N=[N+](\[O-])N5CCOCC5)c([N+](=O)[O-])cc4[N+](=O)[O-])c3)=NN2C(C)=O)cc1OC.